The van der Waals surface area contributed by atoms with Crippen molar-refractivity contribution in [2.75, 3.05) is 5.32 Å². The van der Waals surface area contributed by atoms with Crippen molar-refractivity contribution in [2.24, 2.45) is 0 Å². The van der Waals surface area contributed by atoms with Gasteiger partial charge in [-0.2, -0.15) is 5.10 Å². The van der Waals surface area contributed by atoms with Gasteiger partial charge in [0, 0.05) is 22.8 Å². The SMILES string of the molecule is Cc1cc(C)n(-c2ccc(=O)n(CC(=O)Nc3cc(Cl)ccc3[N+](=O)[O-])n2)n1. The van der Waals surface area contributed by atoms with E-state index < -0.39 is 22.9 Å². The number of nitrogens with zero attached hydrogens (tertiary/aromatic N) is 5. The Morgan fingerprint density at radius 2 is 1.96 bits per heavy atom. The first-order valence-electron chi connectivity index (χ1n) is 8.10. The molecule has 2 heterocycles. The monoisotopic (exact) mass is 402 g/mol. The first-order valence-corrected chi connectivity index (χ1v) is 8.48. The first kappa shape index (κ1) is 19.2. The highest BCUT2D eigenvalue weighted by molar-refractivity contribution is 6.31. The second kappa shape index (κ2) is 7.61. The van der Waals surface area contributed by atoms with Crippen LogP contribution in [0.15, 0.2) is 41.2 Å². The Balaban J connectivity index is 1.86. The van der Waals surface area contributed by atoms with E-state index in [4.69, 9.17) is 11.6 Å². The number of nitro benzene ring substituents is 1. The second-order valence-corrected chi connectivity index (χ2v) is 6.43. The molecule has 0 aliphatic rings. The molecule has 0 aliphatic heterocycles. The Morgan fingerprint density at radius 3 is 2.61 bits per heavy atom. The number of anilines is 1. The van der Waals surface area contributed by atoms with Gasteiger partial charge in [-0.05, 0) is 38.1 Å². The van der Waals surface area contributed by atoms with Crippen molar-refractivity contribution in [3.05, 3.63) is 73.3 Å². The number of aromatic nitrogens is 4. The maximum Gasteiger partial charge on any atom is 0.292 e. The minimum absolute atomic E-state index is 0.0646. The normalized spacial score (nSPS) is 10.7. The van der Waals surface area contributed by atoms with Gasteiger partial charge in [0.1, 0.15) is 12.2 Å². The molecular formula is C17H15ClN6O4. The van der Waals surface area contributed by atoms with E-state index in [1.54, 1.807) is 4.68 Å². The van der Waals surface area contributed by atoms with Gasteiger partial charge in [-0.3, -0.25) is 19.7 Å². The highest BCUT2D eigenvalue weighted by Gasteiger charge is 2.17. The third-order valence-electron chi connectivity index (χ3n) is 3.80. The van der Waals surface area contributed by atoms with E-state index in [1.165, 1.54) is 30.3 Å². The zero-order valence-electron chi connectivity index (χ0n) is 14.9. The first-order chi connectivity index (χ1) is 13.2. The number of nitro groups is 1. The van der Waals surface area contributed by atoms with Crippen LogP contribution in [0, 0.1) is 24.0 Å². The highest BCUT2D eigenvalue weighted by Crippen LogP contribution is 2.27. The fourth-order valence-corrected chi connectivity index (χ4v) is 2.79. The molecule has 28 heavy (non-hydrogen) atoms. The molecule has 3 aromatic rings. The summed E-state index contributed by atoms with van der Waals surface area (Å²) in [6.45, 7) is 3.22. The number of hydrogen-bond acceptors (Lipinski definition) is 6. The number of nitrogens with one attached hydrogen (secondary N) is 1. The van der Waals surface area contributed by atoms with Crippen molar-refractivity contribution in [1.82, 2.24) is 19.6 Å². The molecule has 10 nitrogen and oxygen atoms in total. The summed E-state index contributed by atoms with van der Waals surface area (Å²) >= 11 is 5.84. The summed E-state index contributed by atoms with van der Waals surface area (Å²) in [6.07, 6.45) is 0. The summed E-state index contributed by atoms with van der Waals surface area (Å²) in [5.41, 5.74) is 0.720. The molecule has 0 unspecified atom stereocenters. The average Bonchev–Trinajstić information content (AvgIpc) is 2.95. The predicted molar refractivity (Wildman–Crippen MR) is 102 cm³/mol. The zero-order chi connectivity index (χ0) is 20.4. The van der Waals surface area contributed by atoms with Crippen molar-refractivity contribution in [3.63, 3.8) is 0 Å². The van der Waals surface area contributed by atoms with E-state index in [0.29, 0.717) is 5.82 Å². The number of carbonyl (C=O) groups excluding carboxylic acids is 1. The van der Waals surface area contributed by atoms with E-state index in [0.717, 1.165) is 16.1 Å². The minimum Gasteiger partial charge on any atom is -0.319 e. The Bertz CT molecular complexity index is 1140. The number of benzene rings is 1. The van der Waals surface area contributed by atoms with Crippen LogP contribution in [0.2, 0.25) is 5.02 Å². The van der Waals surface area contributed by atoms with Crippen LogP contribution in [-0.2, 0) is 11.3 Å². The fraction of sp³-hybridized carbons (Fsp3) is 0.176. The molecule has 144 valence electrons. The summed E-state index contributed by atoms with van der Waals surface area (Å²) in [5, 5.41) is 22.2. The molecule has 0 saturated heterocycles. The Kier molecular flexibility index (Phi) is 5.23. The van der Waals surface area contributed by atoms with Crippen molar-refractivity contribution >= 4 is 28.9 Å². The predicted octanol–water partition coefficient (Wildman–Crippen LogP) is 2.25. The Labute approximate surface area is 163 Å². The lowest BCUT2D eigenvalue weighted by Gasteiger charge is -2.09. The van der Waals surface area contributed by atoms with E-state index in [2.05, 4.69) is 15.5 Å². The fourth-order valence-electron chi connectivity index (χ4n) is 2.62. The molecule has 1 N–H and O–H groups in total. The van der Waals surface area contributed by atoms with Gasteiger partial charge in [0.2, 0.25) is 5.91 Å². The molecule has 0 radical (unpaired) electrons. The van der Waals surface area contributed by atoms with Crippen molar-refractivity contribution in [1.29, 1.82) is 0 Å². The maximum atomic E-state index is 12.3. The third-order valence-corrected chi connectivity index (χ3v) is 4.04. The quantitative estimate of drug-likeness (QED) is 0.515. The third kappa shape index (κ3) is 4.07. The van der Waals surface area contributed by atoms with E-state index in [-0.39, 0.29) is 16.4 Å². The van der Waals surface area contributed by atoms with Crippen LogP contribution in [0.3, 0.4) is 0 Å². The number of rotatable bonds is 5. The van der Waals surface area contributed by atoms with Crippen LogP contribution in [0.25, 0.3) is 5.82 Å². The van der Waals surface area contributed by atoms with Gasteiger partial charge < -0.3 is 5.32 Å². The Hall–Kier alpha value is -3.53. The second-order valence-electron chi connectivity index (χ2n) is 5.99. The van der Waals surface area contributed by atoms with Crippen molar-refractivity contribution < 1.29 is 9.72 Å². The molecule has 0 aliphatic carbocycles. The van der Waals surface area contributed by atoms with Gasteiger partial charge in [-0.15, -0.1) is 5.10 Å². The molecule has 0 saturated carbocycles. The molecular weight excluding hydrogens is 388 g/mol. The number of amides is 1. The minimum atomic E-state index is -0.662. The van der Waals surface area contributed by atoms with Crippen LogP contribution in [0.1, 0.15) is 11.4 Å². The molecule has 0 bridgehead atoms. The summed E-state index contributed by atoms with van der Waals surface area (Å²) in [6, 6.07) is 8.42. The van der Waals surface area contributed by atoms with E-state index >= 15 is 0 Å². The highest BCUT2D eigenvalue weighted by atomic mass is 35.5. The molecule has 3 rings (SSSR count). The van der Waals surface area contributed by atoms with E-state index in [1.807, 2.05) is 19.9 Å². The lowest BCUT2D eigenvalue weighted by Crippen LogP contribution is -2.30. The maximum absolute atomic E-state index is 12.3. The molecule has 0 atom stereocenters. The van der Waals surface area contributed by atoms with Crippen LogP contribution < -0.4 is 10.9 Å². The number of hydrogen-bond donors (Lipinski definition) is 1. The summed E-state index contributed by atoms with van der Waals surface area (Å²) in [5.74, 6) is -0.294. The molecule has 0 spiro atoms. The summed E-state index contributed by atoms with van der Waals surface area (Å²) < 4.78 is 2.50. The van der Waals surface area contributed by atoms with Gasteiger partial charge >= 0.3 is 0 Å². The average molecular weight is 403 g/mol. The molecule has 1 aromatic carbocycles. The van der Waals surface area contributed by atoms with Gasteiger partial charge in [-0.25, -0.2) is 9.36 Å². The summed E-state index contributed by atoms with van der Waals surface area (Å²) in [4.78, 5) is 34.9. The summed E-state index contributed by atoms with van der Waals surface area (Å²) in [7, 11) is 0. The van der Waals surface area contributed by atoms with E-state index in [9.17, 15) is 19.7 Å². The van der Waals surface area contributed by atoms with Crippen molar-refractivity contribution in [2.45, 2.75) is 20.4 Å². The van der Waals surface area contributed by atoms with Gasteiger partial charge in [0.15, 0.2) is 5.82 Å². The van der Waals surface area contributed by atoms with Gasteiger partial charge in [-0.1, -0.05) is 11.6 Å². The molecule has 11 heteroatoms. The molecule has 1 amide bonds. The molecule has 2 aromatic heterocycles. The smallest absolute Gasteiger partial charge is 0.292 e. The van der Waals surface area contributed by atoms with Gasteiger partial charge in [0.25, 0.3) is 11.2 Å². The number of halogens is 1. The van der Waals surface area contributed by atoms with Crippen LogP contribution in [0.4, 0.5) is 11.4 Å². The number of aryl methyl sites for hydroxylation is 2. The van der Waals surface area contributed by atoms with Crippen LogP contribution in [-0.4, -0.2) is 30.4 Å². The van der Waals surface area contributed by atoms with Crippen molar-refractivity contribution in [3.8, 4) is 5.82 Å². The standard InChI is InChI=1S/C17H15ClN6O4/c1-10-7-11(2)23(20-10)15-5-6-17(26)22(21-15)9-16(25)19-13-8-12(18)3-4-14(13)24(27)28/h3-8H,9H2,1-2H3,(H,19,25). The Morgan fingerprint density at radius 1 is 1.21 bits per heavy atom. The lowest BCUT2D eigenvalue weighted by atomic mass is 10.2. The zero-order valence-corrected chi connectivity index (χ0v) is 15.7. The molecule has 0 fully saturated rings. The largest absolute Gasteiger partial charge is 0.319 e. The van der Waals surface area contributed by atoms with Gasteiger partial charge in [0.05, 0.1) is 10.6 Å². The lowest BCUT2D eigenvalue weighted by molar-refractivity contribution is -0.383. The number of carbonyl (C=O) groups is 1. The van der Waals surface area contributed by atoms with Crippen LogP contribution >= 0.6 is 11.6 Å². The topological polar surface area (TPSA) is 125 Å². The van der Waals surface area contributed by atoms with Crippen LogP contribution in [0.5, 0.6) is 0 Å².